The number of quaternary nitrogens is 1. The van der Waals surface area contributed by atoms with Gasteiger partial charge in [0.1, 0.15) is 6.04 Å². The van der Waals surface area contributed by atoms with Crippen molar-refractivity contribution in [3.05, 3.63) is 40.6 Å². The lowest BCUT2D eigenvalue weighted by Gasteiger charge is -2.42. The molecule has 2 nitrogen and oxygen atoms in total. The van der Waals surface area contributed by atoms with E-state index in [0.29, 0.717) is 5.06 Å². The van der Waals surface area contributed by atoms with E-state index in [2.05, 4.69) is 45.9 Å². The van der Waals surface area contributed by atoms with Gasteiger partial charge in [-0.15, -0.1) is 0 Å². The van der Waals surface area contributed by atoms with E-state index in [1.165, 1.54) is 11.1 Å². The van der Waals surface area contributed by atoms with Crippen LogP contribution in [0.15, 0.2) is 24.3 Å². The maximum absolute atomic E-state index is 12.5. The summed E-state index contributed by atoms with van der Waals surface area (Å²) in [5.41, 5.74) is 2.39. The van der Waals surface area contributed by atoms with Crippen molar-refractivity contribution in [3.63, 3.8) is 0 Å². The normalized spacial score (nSPS) is 30.5. The molecule has 0 bridgehead atoms. The molecule has 0 saturated heterocycles. The second-order valence-corrected chi connectivity index (χ2v) is 6.62. The fraction of sp³-hybridized carbons (Fsp3) is 0.600. The minimum absolute atomic E-state index is 0.0166. The minimum Gasteiger partial charge on any atom is -0.633 e. The fourth-order valence-electron chi connectivity index (χ4n) is 3.51. The van der Waals surface area contributed by atoms with Crippen molar-refractivity contribution in [3.8, 4) is 0 Å². The Morgan fingerprint density at radius 3 is 2.41 bits per heavy atom. The number of hydrogen-bond acceptors (Lipinski definition) is 1. The van der Waals surface area contributed by atoms with Crippen molar-refractivity contribution >= 4 is 0 Å². The molecule has 1 N–H and O–H groups in total. The van der Waals surface area contributed by atoms with Gasteiger partial charge in [-0.1, -0.05) is 38.1 Å². The van der Waals surface area contributed by atoms with Crippen LogP contribution in [0.5, 0.6) is 0 Å². The van der Waals surface area contributed by atoms with E-state index in [-0.39, 0.29) is 17.0 Å². The zero-order valence-corrected chi connectivity index (χ0v) is 11.5. The smallest absolute Gasteiger partial charge is 0.111 e. The van der Waals surface area contributed by atoms with E-state index in [1.807, 2.05) is 13.0 Å². The van der Waals surface area contributed by atoms with Crippen LogP contribution in [0.1, 0.15) is 58.2 Å². The molecule has 0 amide bonds. The summed E-state index contributed by atoms with van der Waals surface area (Å²) in [6.45, 7) is 10.7. The van der Waals surface area contributed by atoms with E-state index >= 15 is 0 Å². The van der Waals surface area contributed by atoms with E-state index in [9.17, 15) is 5.21 Å². The van der Waals surface area contributed by atoms with Crippen molar-refractivity contribution in [1.29, 1.82) is 0 Å². The number of hydroxylamine groups is 2. The van der Waals surface area contributed by atoms with Gasteiger partial charge in [0.15, 0.2) is 0 Å². The predicted octanol–water partition coefficient (Wildman–Crippen LogP) is 2.59. The first-order valence-electron chi connectivity index (χ1n) is 6.39. The van der Waals surface area contributed by atoms with Gasteiger partial charge < -0.3 is 10.3 Å². The molecular weight excluding hydrogens is 210 g/mol. The van der Waals surface area contributed by atoms with Gasteiger partial charge in [0.2, 0.25) is 0 Å². The minimum atomic E-state index is -0.234. The zero-order chi connectivity index (χ0) is 12.8. The summed E-state index contributed by atoms with van der Waals surface area (Å²) in [5, 5.41) is 12.9. The summed E-state index contributed by atoms with van der Waals surface area (Å²) in [6.07, 6.45) is 0.917. The van der Waals surface area contributed by atoms with Crippen LogP contribution in [0, 0.1) is 5.21 Å². The molecule has 0 aliphatic carbocycles. The Labute approximate surface area is 104 Å². The fourth-order valence-corrected chi connectivity index (χ4v) is 3.51. The van der Waals surface area contributed by atoms with E-state index in [1.54, 1.807) is 0 Å². The molecule has 0 radical (unpaired) electrons. The Morgan fingerprint density at radius 2 is 1.76 bits per heavy atom. The Balaban J connectivity index is 2.61. The highest BCUT2D eigenvalue weighted by Crippen LogP contribution is 2.37. The van der Waals surface area contributed by atoms with Crippen molar-refractivity contribution in [2.45, 2.75) is 58.0 Å². The molecule has 1 aliphatic rings. The summed E-state index contributed by atoms with van der Waals surface area (Å²) in [6, 6.07) is 8.43. The highest BCUT2D eigenvalue weighted by Gasteiger charge is 2.42. The maximum Gasteiger partial charge on any atom is 0.111 e. The average molecular weight is 233 g/mol. The first kappa shape index (κ1) is 12.6. The molecule has 94 valence electrons. The molecular formula is C15H23NO. The van der Waals surface area contributed by atoms with Crippen LogP contribution in [0.25, 0.3) is 0 Å². The molecule has 2 heteroatoms. The van der Waals surface area contributed by atoms with Gasteiger partial charge in [0, 0.05) is 12.0 Å². The van der Waals surface area contributed by atoms with Crippen LogP contribution in [0.2, 0.25) is 0 Å². The third-order valence-electron chi connectivity index (χ3n) is 4.10. The quantitative estimate of drug-likeness (QED) is 0.685. The first-order chi connectivity index (χ1) is 7.76. The zero-order valence-electron chi connectivity index (χ0n) is 11.5. The Hall–Kier alpha value is -0.860. The average Bonchev–Trinajstić information content (AvgIpc) is 2.29. The van der Waals surface area contributed by atoms with Crippen LogP contribution in [0.4, 0.5) is 0 Å². The van der Waals surface area contributed by atoms with Crippen molar-refractivity contribution in [1.82, 2.24) is 0 Å². The summed E-state index contributed by atoms with van der Waals surface area (Å²) < 4.78 is 0. The van der Waals surface area contributed by atoms with Crippen molar-refractivity contribution in [2.24, 2.45) is 0 Å². The SMILES string of the molecule is CC1c2ccccc2C(C)(C)CC(C)(C)[NH+]1[O-]. The topological polar surface area (TPSA) is 27.5 Å². The molecule has 0 spiro atoms. The summed E-state index contributed by atoms with van der Waals surface area (Å²) in [4.78, 5) is 0. The lowest BCUT2D eigenvalue weighted by Crippen LogP contribution is -3.15. The molecule has 0 aromatic heterocycles. The molecule has 2 atom stereocenters. The van der Waals surface area contributed by atoms with E-state index in [0.717, 1.165) is 6.42 Å². The standard InChI is InChI=1S/C15H23NO/c1-11-12-8-6-7-9-13(12)14(2,3)10-15(4,5)16(11)17/h6-9,11,16H,10H2,1-5H3. The van der Waals surface area contributed by atoms with Crippen LogP contribution in [0.3, 0.4) is 0 Å². The number of rotatable bonds is 0. The van der Waals surface area contributed by atoms with Crippen LogP contribution in [-0.2, 0) is 5.41 Å². The third-order valence-corrected chi connectivity index (χ3v) is 4.10. The largest absolute Gasteiger partial charge is 0.633 e. The van der Waals surface area contributed by atoms with Gasteiger partial charge in [-0.3, -0.25) is 0 Å². The molecule has 1 aromatic carbocycles. The van der Waals surface area contributed by atoms with Gasteiger partial charge >= 0.3 is 0 Å². The molecule has 2 rings (SSSR count). The second kappa shape index (κ2) is 3.82. The highest BCUT2D eigenvalue weighted by molar-refractivity contribution is 5.36. The second-order valence-electron chi connectivity index (χ2n) is 6.62. The Bertz CT molecular complexity index is 423. The lowest BCUT2D eigenvalue weighted by molar-refractivity contribution is -0.930. The molecule has 17 heavy (non-hydrogen) atoms. The van der Waals surface area contributed by atoms with E-state index < -0.39 is 0 Å². The first-order valence-corrected chi connectivity index (χ1v) is 6.39. The molecule has 1 aliphatic heterocycles. The van der Waals surface area contributed by atoms with E-state index in [4.69, 9.17) is 0 Å². The van der Waals surface area contributed by atoms with Gasteiger partial charge in [0.25, 0.3) is 0 Å². The van der Waals surface area contributed by atoms with Gasteiger partial charge in [-0.2, -0.15) is 0 Å². The number of hydrogen-bond donors (Lipinski definition) is 1. The lowest BCUT2D eigenvalue weighted by atomic mass is 9.75. The number of fused-ring (bicyclic) bond motifs is 1. The number of benzene rings is 1. The highest BCUT2D eigenvalue weighted by atomic mass is 16.5. The monoisotopic (exact) mass is 233 g/mol. The number of nitrogens with one attached hydrogen (secondary N) is 1. The molecule has 0 saturated carbocycles. The molecule has 0 fully saturated rings. The van der Waals surface area contributed by atoms with Gasteiger partial charge in [0.05, 0.1) is 5.54 Å². The summed E-state index contributed by atoms with van der Waals surface area (Å²) >= 11 is 0. The molecule has 1 heterocycles. The van der Waals surface area contributed by atoms with Crippen molar-refractivity contribution in [2.75, 3.05) is 0 Å². The summed E-state index contributed by atoms with van der Waals surface area (Å²) in [7, 11) is 0. The summed E-state index contributed by atoms with van der Waals surface area (Å²) in [5.74, 6) is 0. The third kappa shape index (κ3) is 2.00. The van der Waals surface area contributed by atoms with Crippen LogP contribution < -0.4 is 5.06 Å². The van der Waals surface area contributed by atoms with Gasteiger partial charge in [-0.25, -0.2) is 0 Å². The Morgan fingerprint density at radius 1 is 1.18 bits per heavy atom. The maximum atomic E-state index is 12.5. The van der Waals surface area contributed by atoms with Crippen molar-refractivity contribution < 1.29 is 5.06 Å². The van der Waals surface area contributed by atoms with Crippen LogP contribution >= 0.6 is 0 Å². The predicted molar refractivity (Wildman–Crippen MR) is 70.9 cm³/mol. The van der Waals surface area contributed by atoms with Crippen LogP contribution in [-0.4, -0.2) is 5.54 Å². The molecule has 1 aromatic rings. The molecule has 2 unspecified atom stereocenters. The Kier molecular flexibility index (Phi) is 2.83. The van der Waals surface area contributed by atoms with Gasteiger partial charge in [-0.05, 0) is 31.7 Å².